The molecule has 0 aliphatic rings. The second-order valence-corrected chi connectivity index (χ2v) is 3.51. The number of nitrogens with two attached hydrogens (primary N) is 1. The largest absolute Gasteiger partial charge is 0.475 e. The molecule has 0 saturated heterocycles. The third kappa shape index (κ3) is 4.63. The highest BCUT2D eigenvalue weighted by molar-refractivity contribution is 5.38. The first kappa shape index (κ1) is 11.8. The molecular formula is C11H19N3O. The summed E-state index contributed by atoms with van der Waals surface area (Å²) in [6, 6.07) is 0. The molecule has 15 heavy (non-hydrogen) atoms. The number of hydrogen-bond donors (Lipinski definition) is 1. The van der Waals surface area contributed by atoms with Crippen molar-refractivity contribution in [2.75, 3.05) is 12.3 Å². The van der Waals surface area contributed by atoms with Gasteiger partial charge < -0.3 is 10.5 Å². The molecule has 1 aromatic rings. The second kappa shape index (κ2) is 7.04. The molecule has 0 aliphatic carbocycles. The molecule has 1 heterocycles. The van der Waals surface area contributed by atoms with Crippen LogP contribution in [0.25, 0.3) is 0 Å². The number of rotatable bonds is 7. The predicted octanol–water partition coefficient (Wildman–Crippen LogP) is 2.41. The number of nitrogens with zero attached hydrogens (tertiary/aromatic N) is 2. The summed E-state index contributed by atoms with van der Waals surface area (Å²) in [5.74, 6) is 0.819. The van der Waals surface area contributed by atoms with Gasteiger partial charge in [-0.3, -0.25) is 0 Å². The van der Waals surface area contributed by atoms with Gasteiger partial charge in [-0.05, 0) is 6.42 Å². The molecule has 0 bridgehead atoms. The summed E-state index contributed by atoms with van der Waals surface area (Å²) in [6.45, 7) is 2.88. The highest BCUT2D eigenvalue weighted by Gasteiger charge is 2.00. The zero-order valence-electron chi connectivity index (χ0n) is 9.28. The van der Waals surface area contributed by atoms with E-state index >= 15 is 0 Å². The summed E-state index contributed by atoms with van der Waals surface area (Å²) in [5.41, 5.74) is 5.58. The Balaban J connectivity index is 2.12. The molecule has 0 aliphatic heterocycles. The maximum atomic E-state index is 5.58. The number of anilines is 1. The van der Waals surface area contributed by atoms with E-state index in [1.165, 1.54) is 25.7 Å². The van der Waals surface area contributed by atoms with Crippen LogP contribution in [0.4, 0.5) is 5.82 Å². The van der Waals surface area contributed by atoms with Crippen LogP contribution < -0.4 is 10.5 Å². The molecular weight excluding hydrogens is 190 g/mol. The van der Waals surface area contributed by atoms with Crippen LogP contribution in [-0.4, -0.2) is 16.6 Å². The van der Waals surface area contributed by atoms with Crippen LogP contribution in [0.1, 0.15) is 39.0 Å². The van der Waals surface area contributed by atoms with Gasteiger partial charge in [0.05, 0.1) is 6.61 Å². The van der Waals surface area contributed by atoms with E-state index in [0.29, 0.717) is 18.3 Å². The Morgan fingerprint density at radius 2 is 1.87 bits per heavy atom. The molecule has 0 amide bonds. The first-order valence-corrected chi connectivity index (χ1v) is 5.54. The summed E-state index contributed by atoms with van der Waals surface area (Å²) in [7, 11) is 0. The van der Waals surface area contributed by atoms with Crippen LogP contribution in [0.2, 0.25) is 0 Å². The highest BCUT2D eigenvalue weighted by Crippen LogP contribution is 2.13. The Labute approximate surface area is 90.9 Å². The lowest BCUT2D eigenvalue weighted by atomic mass is 10.2. The third-order valence-electron chi connectivity index (χ3n) is 2.18. The predicted molar refractivity (Wildman–Crippen MR) is 60.7 cm³/mol. The van der Waals surface area contributed by atoms with Crippen molar-refractivity contribution in [3.8, 4) is 5.88 Å². The SMILES string of the molecule is CCCCCCCOc1nccnc1N. The van der Waals surface area contributed by atoms with E-state index in [-0.39, 0.29) is 0 Å². The van der Waals surface area contributed by atoms with Crippen LogP contribution in [-0.2, 0) is 0 Å². The fourth-order valence-corrected chi connectivity index (χ4v) is 1.32. The van der Waals surface area contributed by atoms with Gasteiger partial charge in [-0.1, -0.05) is 32.6 Å². The fourth-order valence-electron chi connectivity index (χ4n) is 1.32. The van der Waals surface area contributed by atoms with Crippen molar-refractivity contribution in [2.45, 2.75) is 39.0 Å². The topological polar surface area (TPSA) is 61.0 Å². The first-order chi connectivity index (χ1) is 7.34. The minimum absolute atomic E-state index is 0.367. The van der Waals surface area contributed by atoms with Gasteiger partial charge in [0, 0.05) is 12.4 Å². The van der Waals surface area contributed by atoms with Gasteiger partial charge in [0.25, 0.3) is 5.88 Å². The number of nitrogen functional groups attached to an aromatic ring is 1. The van der Waals surface area contributed by atoms with Crippen molar-refractivity contribution in [3.63, 3.8) is 0 Å². The van der Waals surface area contributed by atoms with Crippen LogP contribution >= 0.6 is 0 Å². The summed E-state index contributed by atoms with van der Waals surface area (Å²) < 4.78 is 5.42. The molecule has 4 nitrogen and oxygen atoms in total. The molecule has 0 fully saturated rings. The zero-order valence-corrected chi connectivity index (χ0v) is 9.28. The standard InChI is InChI=1S/C11H19N3O/c1-2-3-4-5-6-9-15-11-10(12)13-7-8-14-11/h7-8H,2-6,9H2,1H3,(H2,12,13). The van der Waals surface area contributed by atoms with Crippen LogP contribution in [0.5, 0.6) is 5.88 Å². The van der Waals surface area contributed by atoms with E-state index in [1.54, 1.807) is 12.4 Å². The Hall–Kier alpha value is -1.32. The molecule has 1 aromatic heterocycles. The molecule has 2 N–H and O–H groups in total. The van der Waals surface area contributed by atoms with Crippen molar-refractivity contribution < 1.29 is 4.74 Å². The molecule has 84 valence electrons. The molecule has 0 atom stereocenters. The molecule has 0 spiro atoms. The van der Waals surface area contributed by atoms with Gasteiger partial charge in [-0.15, -0.1) is 0 Å². The average Bonchev–Trinajstić information content (AvgIpc) is 2.25. The Morgan fingerprint density at radius 3 is 2.60 bits per heavy atom. The quantitative estimate of drug-likeness (QED) is 0.700. The van der Waals surface area contributed by atoms with Gasteiger partial charge >= 0.3 is 0 Å². The Morgan fingerprint density at radius 1 is 1.13 bits per heavy atom. The van der Waals surface area contributed by atoms with E-state index in [0.717, 1.165) is 6.42 Å². The van der Waals surface area contributed by atoms with Gasteiger partial charge in [0.2, 0.25) is 0 Å². The minimum Gasteiger partial charge on any atom is -0.475 e. The van der Waals surface area contributed by atoms with Crippen molar-refractivity contribution in [1.82, 2.24) is 9.97 Å². The van der Waals surface area contributed by atoms with E-state index in [1.807, 2.05) is 0 Å². The average molecular weight is 209 g/mol. The lowest BCUT2D eigenvalue weighted by molar-refractivity contribution is 0.294. The highest BCUT2D eigenvalue weighted by atomic mass is 16.5. The monoisotopic (exact) mass is 209 g/mol. The molecule has 1 rings (SSSR count). The van der Waals surface area contributed by atoms with Gasteiger partial charge in [-0.25, -0.2) is 9.97 Å². The molecule has 0 radical (unpaired) electrons. The normalized spacial score (nSPS) is 10.2. The number of ether oxygens (including phenoxy) is 1. The summed E-state index contributed by atoms with van der Waals surface area (Å²) in [4.78, 5) is 7.90. The van der Waals surface area contributed by atoms with Gasteiger partial charge in [0.1, 0.15) is 0 Å². The summed E-state index contributed by atoms with van der Waals surface area (Å²) >= 11 is 0. The van der Waals surface area contributed by atoms with Crippen molar-refractivity contribution in [3.05, 3.63) is 12.4 Å². The number of aromatic nitrogens is 2. The maximum absolute atomic E-state index is 5.58. The molecule has 4 heteroatoms. The Bertz CT molecular complexity index is 278. The zero-order chi connectivity index (χ0) is 10.9. The van der Waals surface area contributed by atoms with Crippen molar-refractivity contribution in [2.24, 2.45) is 0 Å². The smallest absolute Gasteiger partial charge is 0.257 e. The lowest BCUT2D eigenvalue weighted by Crippen LogP contribution is -2.03. The lowest BCUT2D eigenvalue weighted by Gasteiger charge is -2.05. The maximum Gasteiger partial charge on any atom is 0.257 e. The number of hydrogen-bond acceptors (Lipinski definition) is 4. The van der Waals surface area contributed by atoms with Crippen molar-refractivity contribution in [1.29, 1.82) is 0 Å². The summed E-state index contributed by atoms with van der Waals surface area (Å²) in [6.07, 6.45) is 9.23. The molecule has 0 unspecified atom stereocenters. The second-order valence-electron chi connectivity index (χ2n) is 3.51. The van der Waals surface area contributed by atoms with Crippen LogP contribution in [0.15, 0.2) is 12.4 Å². The Kier molecular flexibility index (Phi) is 5.51. The number of unbranched alkanes of at least 4 members (excludes halogenated alkanes) is 4. The van der Waals surface area contributed by atoms with Gasteiger partial charge in [0.15, 0.2) is 5.82 Å². The third-order valence-corrected chi connectivity index (χ3v) is 2.18. The van der Waals surface area contributed by atoms with E-state index < -0.39 is 0 Å². The van der Waals surface area contributed by atoms with E-state index in [9.17, 15) is 0 Å². The molecule has 0 aromatic carbocycles. The first-order valence-electron chi connectivity index (χ1n) is 5.54. The minimum atomic E-state index is 0.367. The van der Waals surface area contributed by atoms with E-state index in [4.69, 9.17) is 10.5 Å². The van der Waals surface area contributed by atoms with Crippen molar-refractivity contribution >= 4 is 5.82 Å². The van der Waals surface area contributed by atoms with Gasteiger partial charge in [-0.2, -0.15) is 0 Å². The fraction of sp³-hybridized carbons (Fsp3) is 0.636. The van der Waals surface area contributed by atoms with Crippen LogP contribution in [0, 0.1) is 0 Å². The van der Waals surface area contributed by atoms with Crippen LogP contribution in [0.3, 0.4) is 0 Å². The molecule has 0 saturated carbocycles. The van der Waals surface area contributed by atoms with E-state index in [2.05, 4.69) is 16.9 Å². The summed E-state index contributed by atoms with van der Waals surface area (Å²) in [5, 5.41) is 0.